The molecular formula is C21H22N2O5S. The molecule has 8 heteroatoms. The Morgan fingerprint density at radius 3 is 2.62 bits per heavy atom. The Morgan fingerprint density at radius 1 is 1.10 bits per heavy atom. The molecule has 152 valence electrons. The van der Waals surface area contributed by atoms with Crippen molar-refractivity contribution in [2.45, 2.75) is 23.5 Å². The summed E-state index contributed by atoms with van der Waals surface area (Å²) in [6, 6.07) is 14.0. The van der Waals surface area contributed by atoms with E-state index in [1.807, 2.05) is 24.3 Å². The second kappa shape index (κ2) is 9.47. The van der Waals surface area contributed by atoms with E-state index in [4.69, 9.17) is 15.2 Å². The lowest BCUT2D eigenvalue weighted by Crippen LogP contribution is -2.36. The molecule has 0 saturated carbocycles. The first-order chi connectivity index (χ1) is 14.0. The zero-order valence-electron chi connectivity index (χ0n) is 16.0. The number of esters is 1. The smallest absolute Gasteiger partial charge is 0.344 e. The van der Waals surface area contributed by atoms with Gasteiger partial charge in [0.25, 0.3) is 11.8 Å². The van der Waals surface area contributed by atoms with Gasteiger partial charge < -0.3 is 20.1 Å². The predicted molar refractivity (Wildman–Crippen MR) is 110 cm³/mol. The monoisotopic (exact) mass is 414 g/mol. The van der Waals surface area contributed by atoms with E-state index >= 15 is 0 Å². The molecule has 2 N–H and O–H groups in total. The second-order valence-electron chi connectivity index (χ2n) is 6.54. The van der Waals surface area contributed by atoms with Gasteiger partial charge >= 0.3 is 5.97 Å². The van der Waals surface area contributed by atoms with Crippen molar-refractivity contribution >= 4 is 35.2 Å². The first-order valence-electron chi connectivity index (χ1n) is 9.19. The van der Waals surface area contributed by atoms with Gasteiger partial charge in [0.2, 0.25) is 0 Å². The highest BCUT2D eigenvalue weighted by Gasteiger charge is 2.25. The molecule has 3 rings (SSSR count). The number of hydrogen-bond donors (Lipinski definition) is 1. The first-order valence-corrected chi connectivity index (χ1v) is 10.1. The standard InChI is InChI=1S/C21H22N2O5S/c1-14-10-11-23(16-7-3-5-9-18(16)29-14)19(24)12-28-20(25)13-27-17-8-4-2-6-15(17)21(22)26/h2-9,14H,10-13H2,1H3,(H2,22,26)/t14-/m1/s1. The fourth-order valence-electron chi connectivity index (χ4n) is 2.94. The molecule has 1 aliphatic heterocycles. The fourth-order valence-corrected chi connectivity index (χ4v) is 4.05. The summed E-state index contributed by atoms with van der Waals surface area (Å²) in [6.45, 7) is 1.87. The summed E-state index contributed by atoms with van der Waals surface area (Å²) in [5.74, 6) is -1.46. The zero-order valence-corrected chi connectivity index (χ0v) is 16.8. The number of nitrogens with zero attached hydrogens (tertiary/aromatic N) is 1. The maximum Gasteiger partial charge on any atom is 0.344 e. The van der Waals surface area contributed by atoms with Gasteiger partial charge in [-0.2, -0.15) is 0 Å². The third kappa shape index (κ3) is 5.29. The molecule has 0 fully saturated rings. The molecule has 2 amide bonds. The second-order valence-corrected chi connectivity index (χ2v) is 8.02. The molecule has 7 nitrogen and oxygen atoms in total. The maximum atomic E-state index is 12.7. The van der Waals surface area contributed by atoms with Crippen LogP contribution in [0.5, 0.6) is 5.75 Å². The van der Waals surface area contributed by atoms with Crippen LogP contribution in [0.15, 0.2) is 53.4 Å². The number of para-hydroxylation sites is 2. The lowest BCUT2D eigenvalue weighted by molar-refractivity contribution is -0.149. The summed E-state index contributed by atoms with van der Waals surface area (Å²) < 4.78 is 10.4. The van der Waals surface area contributed by atoms with Crippen LogP contribution in [0.25, 0.3) is 0 Å². The number of benzene rings is 2. The highest BCUT2D eigenvalue weighted by atomic mass is 32.2. The molecule has 2 aromatic rings. The third-order valence-corrected chi connectivity index (χ3v) is 5.64. The van der Waals surface area contributed by atoms with E-state index in [1.54, 1.807) is 28.8 Å². The average Bonchev–Trinajstić information content (AvgIpc) is 2.88. The van der Waals surface area contributed by atoms with Gasteiger partial charge in [-0.05, 0) is 30.7 Å². The van der Waals surface area contributed by atoms with Gasteiger partial charge in [0.05, 0.1) is 11.3 Å². The van der Waals surface area contributed by atoms with E-state index in [0.717, 1.165) is 17.0 Å². The first kappa shape index (κ1) is 20.7. The van der Waals surface area contributed by atoms with E-state index in [9.17, 15) is 14.4 Å². The van der Waals surface area contributed by atoms with Crippen molar-refractivity contribution in [2.75, 3.05) is 24.7 Å². The van der Waals surface area contributed by atoms with Gasteiger partial charge in [-0.15, -0.1) is 11.8 Å². The summed E-state index contributed by atoms with van der Waals surface area (Å²) >= 11 is 1.73. The quantitative estimate of drug-likeness (QED) is 0.730. The molecule has 29 heavy (non-hydrogen) atoms. The molecule has 1 atom stereocenters. The van der Waals surface area contributed by atoms with Gasteiger partial charge in [-0.3, -0.25) is 9.59 Å². The minimum atomic E-state index is -0.705. The van der Waals surface area contributed by atoms with Gasteiger partial charge in [0.15, 0.2) is 13.2 Å². The van der Waals surface area contributed by atoms with Crippen LogP contribution < -0.4 is 15.4 Å². The van der Waals surface area contributed by atoms with E-state index in [2.05, 4.69) is 6.92 Å². The van der Waals surface area contributed by atoms with Gasteiger partial charge in [-0.1, -0.05) is 31.2 Å². The Bertz CT molecular complexity index is 917. The van der Waals surface area contributed by atoms with Crippen LogP contribution in [-0.2, 0) is 14.3 Å². The summed E-state index contributed by atoms with van der Waals surface area (Å²) in [4.78, 5) is 38.8. The molecule has 1 heterocycles. The van der Waals surface area contributed by atoms with Gasteiger partial charge in [0.1, 0.15) is 5.75 Å². The van der Waals surface area contributed by atoms with Crippen molar-refractivity contribution in [3.05, 3.63) is 54.1 Å². The number of hydrogen-bond acceptors (Lipinski definition) is 6. The number of carbonyl (C=O) groups excluding carboxylic acids is 3. The van der Waals surface area contributed by atoms with Crippen LogP contribution in [0.3, 0.4) is 0 Å². The molecule has 0 spiro atoms. The number of rotatable bonds is 6. The Hall–Kier alpha value is -3.00. The molecule has 2 aromatic carbocycles. The lowest BCUT2D eigenvalue weighted by atomic mass is 10.2. The predicted octanol–water partition coefficient (Wildman–Crippen LogP) is 2.63. The summed E-state index contributed by atoms with van der Waals surface area (Å²) in [6.07, 6.45) is 0.839. The van der Waals surface area contributed by atoms with Crippen LogP contribution in [-0.4, -0.2) is 42.8 Å². The molecule has 0 aromatic heterocycles. The van der Waals surface area contributed by atoms with Crippen LogP contribution in [0.4, 0.5) is 5.69 Å². The van der Waals surface area contributed by atoms with Crippen molar-refractivity contribution in [3.8, 4) is 5.75 Å². The normalized spacial score (nSPS) is 15.8. The van der Waals surface area contributed by atoms with Crippen LogP contribution >= 0.6 is 11.8 Å². The number of fused-ring (bicyclic) bond motifs is 1. The number of primary amides is 1. The van der Waals surface area contributed by atoms with Gasteiger partial charge in [-0.25, -0.2) is 4.79 Å². The number of thioether (sulfide) groups is 1. The minimum Gasteiger partial charge on any atom is -0.481 e. The molecule has 0 bridgehead atoms. The van der Waals surface area contributed by atoms with Crippen LogP contribution in [0.2, 0.25) is 0 Å². The van der Waals surface area contributed by atoms with Gasteiger partial charge in [0, 0.05) is 16.7 Å². The number of ether oxygens (including phenoxy) is 2. The zero-order chi connectivity index (χ0) is 20.8. The Balaban J connectivity index is 1.57. The average molecular weight is 414 g/mol. The fraction of sp³-hybridized carbons (Fsp3) is 0.286. The van der Waals surface area contributed by atoms with Crippen molar-refractivity contribution in [3.63, 3.8) is 0 Å². The van der Waals surface area contributed by atoms with Crippen molar-refractivity contribution < 1.29 is 23.9 Å². The molecule has 0 saturated heterocycles. The Morgan fingerprint density at radius 2 is 1.83 bits per heavy atom. The topological polar surface area (TPSA) is 98.9 Å². The number of anilines is 1. The molecule has 1 aliphatic rings. The molecular weight excluding hydrogens is 392 g/mol. The minimum absolute atomic E-state index is 0.171. The number of carbonyl (C=O) groups is 3. The SMILES string of the molecule is C[C@@H]1CCN(C(=O)COC(=O)COc2ccccc2C(N)=O)c2ccccc2S1. The molecule has 0 radical (unpaired) electrons. The van der Waals surface area contributed by atoms with E-state index in [0.29, 0.717) is 11.8 Å². The summed E-state index contributed by atoms with van der Waals surface area (Å²) in [7, 11) is 0. The van der Waals surface area contributed by atoms with E-state index in [1.165, 1.54) is 12.1 Å². The number of nitrogens with two attached hydrogens (primary N) is 1. The van der Waals surface area contributed by atoms with Crippen molar-refractivity contribution in [1.29, 1.82) is 0 Å². The van der Waals surface area contributed by atoms with Crippen LogP contribution in [0, 0.1) is 0 Å². The number of amides is 2. The van der Waals surface area contributed by atoms with Crippen LogP contribution in [0.1, 0.15) is 23.7 Å². The largest absolute Gasteiger partial charge is 0.481 e. The highest BCUT2D eigenvalue weighted by molar-refractivity contribution is 8.00. The summed E-state index contributed by atoms with van der Waals surface area (Å²) in [5, 5.41) is 0.384. The Kier molecular flexibility index (Phi) is 6.77. The van der Waals surface area contributed by atoms with E-state index < -0.39 is 18.5 Å². The maximum absolute atomic E-state index is 12.7. The molecule has 0 unspecified atom stereocenters. The third-order valence-electron chi connectivity index (χ3n) is 4.40. The van der Waals surface area contributed by atoms with E-state index in [-0.39, 0.29) is 23.8 Å². The highest BCUT2D eigenvalue weighted by Crippen LogP contribution is 2.37. The van der Waals surface area contributed by atoms with Crippen molar-refractivity contribution in [1.82, 2.24) is 0 Å². The lowest BCUT2D eigenvalue weighted by Gasteiger charge is -2.22. The summed E-state index contributed by atoms with van der Waals surface area (Å²) in [5.41, 5.74) is 6.28. The Labute approximate surface area is 173 Å². The molecule has 0 aliphatic carbocycles. The van der Waals surface area contributed by atoms with Crippen molar-refractivity contribution in [2.24, 2.45) is 5.73 Å².